The zero-order valence-corrected chi connectivity index (χ0v) is 18.0. The Kier molecular flexibility index (Phi) is 5.94. The highest BCUT2D eigenvalue weighted by atomic mass is 16.7. The summed E-state index contributed by atoms with van der Waals surface area (Å²) in [4.78, 5) is 13.4. The van der Waals surface area contributed by atoms with Gasteiger partial charge in [0.15, 0.2) is 5.75 Å². The minimum atomic E-state index is -0.854. The molecule has 0 saturated heterocycles. The summed E-state index contributed by atoms with van der Waals surface area (Å²) in [5, 5.41) is 18.9. The van der Waals surface area contributed by atoms with Crippen molar-refractivity contribution < 1.29 is 19.4 Å². The number of aliphatic hydroxyl groups excluding tert-OH is 1. The number of aryl methyl sites for hydroxylation is 1. The summed E-state index contributed by atoms with van der Waals surface area (Å²) in [6.07, 6.45) is -0.854. The fourth-order valence-corrected chi connectivity index (χ4v) is 2.87. The number of fused-ring (bicyclic) bond motifs is 1. The van der Waals surface area contributed by atoms with Crippen molar-refractivity contribution in [1.82, 2.24) is 15.0 Å². The number of hydrogen-bond acceptors (Lipinski definition) is 6. The Labute approximate surface area is 175 Å². The highest BCUT2D eigenvalue weighted by molar-refractivity contribution is 5.87. The van der Waals surface area contributed by atoms with Crippen molar-refractivity contribution in [2.75, 3.05) is 6.61 Å². The summed E-state index contributed by atoms with van der Waals surface area (Å²) >= 11 is 0. The zero-order valence-electron chi connectivity index (χ0n) is 18.0. The maximum atomic E-state index is 11.9. The van der Waals surface area contributed by atoms with Crippen LogP contribution in [0.15, 0.2) is 48.6 Å². The van der Waals surface area contributed by atoms with Gasteiger partial charge in [0.05, 0.1) is 6.61 Å². The lowest BCUT2D eigenvalue weighted by atomic mass is 9.85. The van der Waals surface area contributed by atoms with E-state index in [0.717, 1.165) is 22.2 Å². The number of ether oxygens (including phenoxy) is 2. The lowest BCUT2D eigenvalue weighted by Crippen LogP contribution is -2.24. The average Bonchev–Trinajstić information content (AvgIpc) is 3.10. The van der Waals surface area contributed by atoms with Crippen LogP contribution < -0.4 is 4.74 Å². The average molecular weight is 409 g/mol. The van der Waals surface area contributed by atoms with Gasteiger partial charge < -0.3 is 14.6 Å². The van der Waals surface area contributed by atoms with Gasteiger partial charge in [-0.3, -0.25) is 0 Å². The molecule has 0 bridgehead atoms. The van der Waals surface area contributed by atoms with Crippen molar-refractivity contribution in [1.29, 1.82) is 0 Å². The molecule has 7 nitrogen and oxygen atoms in total. The number of aliphatic hydroxyl groups is 1. The lowest BCUT2D eigenvalue weighted by molar-refractivity contribution is -0.156. The largest absolute Gasteiger partial charge is 0.453 e. The maximum absolute atomic E-state index is 11.9. The van der Waals surface area contributed by atoms with E-state index < -0.39 is 17.7 Å². The molecule has 3 aromatic rings. The summed E-state index contributed by atoms with van der Waals surface area (Å²) in [6.45, 7) is 12.6. The molecule has 0 amide bonds. The van der Waals surface area contributed by atoms with Gasteiger partial charge in [-0.15, -0.1) is 15.0 Å². The predicted octanol–water partition coefficient (Wildman–Crippen LogP) is 3.84. The molecule has 0 aliphatic heterocycles. The second-order valence-electron chi connectivity index (χ2n) is 8.08. The number of carbonyl (C=O) groups excluding carboxylic acids is 1. The van der Waals surface area contributed by atoms with Gasteiger partial charge in [0.2, 0.25) is 6.29 Å². The first kappa shape index (κ1) is 21.5. The second kappa shape index (κ2) is 8.28. The molecule has 2 aromatic carbocycles. The van der Waals surface area contributed by atoms with Gasteiger partial charge >= 0.3 is 5.97 Å². The van der Waals surface area contributed by atoms with E-state index in [1.54, 1.807) is 13.8 Å². The van der Waals surface area contributed by atoms with Crippen molar-refractivity contribution >= 4 is 17.0 Å². The van der Waals surface area contributed by atoms with Crippen LogP contribution in [0.3, 0.4) is 0 Å². The molecule has 0 radical (unpaired) electrons. The number of rotatable bonds is 7. The van der Waals surface area contributed by atoms with E-state index in [-0.39, 0.29) is 12.2 Å². The highest BCUT2D eigenvalue weighted by Gasteiger charge is 2.23. The topological polar surface area (TPSA) is 86.5 Å². The molecule has 1 heterocycles. The Morgan fingerprint density at radius 3 is 2.57 bits per heavy atom. The van der Waals surface area contributed by atoms with Crippen LogP contribution >= 0.6 is 0 Å². The number of aromatic nitrogens is 3. The van der Waals surface area contributed by atoms with Crippen LogP contribution in [-0.2, 0) is 14.9 Å². The summed E-state index contributed by atoms with van der Waals surface area (Å²) < 4.78 is 11.2. The highest BCUT2D eigenvalue weighted by Crippen LogP contribution is 2.31. The minimum Gasteiger partial charge on any atom is -0.453 e. The van der Waals surface area contributed by atoms with Crippen molar-refractivity contribution in [3.63, 3.8) is 0 Å². The third kappa shape index (κ3) is 4.52. The summed E-state index contributed by atoms with van der Waals surface area (Å²) in [5.41, 5.74) is 3.89. The molecule has 30 heavy (non-hydrogen) atoms. The minimum absolute atomic E-state index is 0.0326. The van der Waals surface area contributed by atoms with E-state index >= 15 is 0 Å². The molecule has 0 aliphatic carbocycles. The molecule has 1 aromatic heterocycles. The molecular weight excluding hydrogens is 382 g/mol. The van der Waals surface area contributed by atoms with E-state index in [4.69, 9.17) is 9.47 Å². The Balaban J connectivity index is 2.04. The Bertz CT molecular complexity index is 1100. The first-order valence-corrected chi connectivity index (χ1v) is 9.73. The number of carbonyl (C=O) groups is 1. The van der Waals surface area contributed by atoms with E-state index in [9.17, 15) is 9.90 Å². The van der Waals surface area contributed by atoms with E-state index in [1.165, 1.54) is 4.80 Å². The Hall–Kier alpha value is -3.19. The van der Waals surface area contributed by atoms with E-state index in [2.05, 4.69) is 16.8 Å². The van der Waals surface area contributed by atoms with Crippen LogP contribution in [-0.4, -0.2) is 39.0 Å². The quantitative estimate of drug-likeness (QED) is 0.362. The molecule has 1 unspecified atom stereocenters. The Morgan fingerprint density at radius 2 is 1.90 bits per heavy atom. The summed E-state index contributed by atoms with van der Waals surface area (Å²) in [5.74, 6) is -0.0950. The normalized spacial score (nSPS) is 12.6. The van der Waals surface area contributed by atoms with E-state index in [1.807, 2.05) is 57.2 Å². The van der Waals surface area contributed by atoms with Crippen LogP contribution in [0.4, 0.5) is 0 Å². The van der Waals surface area contributed by atoms with Crippen molar-refractivity contribution in [3.8, 4) is 11.4 Å². The maximum Gasteiger partial charge on any atom is 0.336 e. The van der Waals surface area contributed by atoms with Crippen molar-refractivity contribution in [2.45, 2.75) is 46.3 Å². The molecule has 0 saturated carbocycles. The fourth-order valence-electron chi connectivity index (χ4n) is 2.87. The summed E-state index contributed by atoms with van der Waals surface area (Å²) in [6, 6.07) is 11.4. The lowest BCUT2D eigenvalue weighted by Gasteiger charge is -2.24. The van der Waals surface area contributed by atoms with E-state index in [0.29, 0.717) is 11.4 Å². The number of nitrogens with zero attached hydrogens (tertiary/aromatic N) is 3. The van der Waals surface area contributed by atoms with Crippen LogP contribution in [0.1, 0.15) is 38.8 Å². The SMILES string of the molecule is C=C(C)C(=O)OC(C)Oc1cc(C(C)(C)CO)ccc1-n1nc2ccc(C)cc2n1. The van der Waals surface area contributed by atoms with Gasteiger partial charge in [0, 0.05) is 17.9 Å². The predicted molar refractivity (Wildman–Crippen MR) is 115 cm³/mol. The molecular formula is C23H27N3O4. The standard InChI is InChI=1S/C23H27N3O4/c1-14(2)22(28)30-16(4)29-21-12-17(23(5,6)13-27)8-10-20(21)26-24-18-9-7-15(3)11-19(18)25-26/h7-12,16,27H,1,13H2,2-6H3. The van der Waals surface area contributed by atoms with Gasteiger partial charge in [0.1, 0.15) is 16.7 Å². The van der Waals surface area contributed by atoms with Crippen LogP contribution in [0.25, 0.3) is 16.7 Å². The third-order valence-electron chi connectivity index (χ3n) is 4.80. The first-order chi connectivity index (χ1) is 14.1. The molecule has 1 atom stereocenters. The number of esters is 1. The molecule has 0 aliphatic rings. The molecule has 0 fully saturated rings. The zero-order chi connectivity index (χ0) is 22.1. The van der Waals surface area contributed by atoms with Crippen molar-refractivity contribution in [2.24, 2.45) is 0 Å². The molecule has 1 N–H and O–H groups in total. The fraction of sp³-hybridized carbons (Fsp3) is 0.348. The van der Waals surface area contributed by atoms with Gasteiger partial charge in [-0.2, -0.15) is 0 Å². The number of hydrogen-bond donors (Lipinski definition) is 1. The molecule has 3 rings (SSSR count). The van der Waals surface area contributed by atoms with Crippen LogP contribution in [0, 0.1) is 6.92 Å². The van der Waals surface area contributed by atoms with Crippen molar-refractivity contribution in [3.05, 3.63) is 59.7 Å². The van der Waals surface area contributed by atoms with Gasteiger partial charge in [-0.25, -0.2) is 4.79 Å². The van der Waals surface area contributed by atoms with Gasteiger partial charge in [0.25, 0.3) is 0 Å². The summed E-state index contributed by atoms with van der Waals surface area (Å²) in [7, 11) is 0. The van der Waals surface area contributed by atoms with Crippen LogP contribution in [0.5, 0.6) is 5.75 Å². The smallest absolute Gasteiger partial charge is 0.336 e. The molecule has 0 spiro atoms. The number of benzene rings is 2. The Morgan fingerprint density at radius 1 is 1.20 bits per heavy atom. The third-order valence-corrected chi connectivity index (χ3v) is 4.80. The molecule has 7 heteroatoms. The van der Waals surface area contributed by atoms with Crippen LogP contribution in [0.2, 0.25) is 0 Å². The monoisotopic (exact) mass is 409 g/mol. The van der Waals surface area contributed by atoms with Gasteiger partial charge in [-0.05, 0) is 49.2 Å². The first-order valence-electron chi connectivity index (χ1n) is 9.73. The van der Waals surface area contributed by atoms with Gasteiger partial charge in [-0.1, -0.05) is 32.6 Å². The molecule has 158 valence electrons. The second-order valence-corrected chi connectivity index (χ2v) is 8.08.